The SMILES string of the molecule is Cc1ccc(NC(=O)C[C@@H](C(=O)[O-])[C@H]2CCCO2)c(C)c1. The molecule has 0 bridgehead atoms. The van der Waals surface area contributed by atoms with Crippen molar-refractivity contribution in [1.29, 1.82) is 0 Å². The molecule has 0 saturated carbocycles. The maximum absolute atomic E-state index is 12.1. The van der Waals surface area contributed by atoms with Gasteiger partial charge < -0.3 is 20.0 Å². The maximum Gasteiger partial charge on any atom is 0.225 e. The molecule has 1 fully saturated rings. The van der Waals surface area contributed by atoms with Crippen molar-refractivity contribution >= 4 is 17.6 Å². The zero-order valence-electron chi connectivity index (χ0n) is 12.3. The average molecular weight is 290 g/mol. The van der Waals surface area contributed by atoms with Crippen LogP contribution in [0.1, 0.15) is 30.4 Å². The maximum atomic E-state index is 12.1. The first-order valence-corrected chi connectivity index (χ1v) is 7.17. The van der Waals surface area contributed by atoms with Gasteiger partial charge in [-0.2, -0.15) is 0 Å². The summed E-state index contributed by atoms with van der Waals surface area (Å²) in [7, 11) is 0. The lowest BCUT2D eigenvalue weighted by molar-refractivity contribution is -0.314. The highest BCUT2D eigenvalue weighted by Gasteiger charge is 2.29. The first-order valence-electron chi connectivity index (χ1n) is 7.17. The van der Waals surface area contributed by atoms with Crippen LogP contribution < -0.4 is 10.4 Å². The molecule has 1 heterocycles. The van der Waals surface area contributed by atoms with Crippen molar-refractivity contribution < 1.29 is 19.4 Å². The zero-order chi connectivity index (χ0) is 15.4. The Kier molecular flexibility index (Phi) is 4.96. The highest BCUT2D eigenvalue weighted by molar-refractivity contribution is 5.93. The van der Waals surface area contributed by atoms with E-state index >= 15 is 0 Å². The van der Waals surface area contributed by atoms with Crippen molar-refractivity contribution in [3.63, 3.8) is 0 Å². The van der Waals surface area contributed by atoms with E-state index in [1.54, 1.807) is 0 Å². The van der Waals surface area contributed by atoms with E-state index in [0.29, 0.717) is 18.7 Å². The number of anilines is 1. The third kappa shape index (κ3) is 4.04. The molecule has 0 radical (unpaired) electrons. The number of carbonyl (C=O) groups is 2. The van der Waals surface area contributed by atoms with E-state index < -0.39 is 18.0 Å². The van der Waals surface area contributed by atoms with Gasteiger partial charge in [0.05, 0.1) is 6.10 Å². The quantitative estimate of drug-likeness (QED) is 0.883. The number of carboxylic acids is 1. The molecule has 0 spiro atoms. The molecule has 2 atom stereocenters. The number of ether oxygens (including phenoxy) is 1. The molecule has 1 aliphatic heterocycles. The lowest BCUT2D eigenvalue weighted by Crippen LogP contribution is -2.40. The fourth-order valence-electron chi connectivity index (χ4n) is 2.64. The van der Waals surface area contributed by atoms with Crippen LogP contribution in [0.5, 0.6) is 0 Å². The third-order valence-corrected chi connectivity index (χ3v) is 3.78. The highest BCUT2D eigenvalue weighted by atomic mass is 16.5. The normalized spacial score (nSPS) is 19.2. The van der Waals surface area contributed by atoms with Crippen LogP contribution >= 0.6 is 0 Å². The number of rotatable bonds is 5. The molecular weight excluding hydrogens is 270 g/mol. The second-order valence-corrected chi connectivity index (χ2v) is 5.55. The van der Waals surface area contributed by atoms with Crippen molar-refractivity contribution in [3.8, 4) is 0 Å². The minimum absolute atomic E-state index is 0.125. The second kappa shape index (κ2) is 6.72. The Morgan fingerprint density at radius 3 is 2.76 bits per heavy atom. The first kappa shape index (κ1) is 15.5. The molecule has 1 amide bonds. The van der Waals surface area contributed by atoms with Crippen LogP contribution in [0.25, 0.3) is 0 Å². The van der Waals surface area contributed by atoms with E-state index in [0.717, 1.165) is 17.5 Å². The predicted octanol–water partition coefficient (Wildman–Crippen LogP) is 1.18. The van der Waals surface area contributed by atoms with Gasteiger partial charge in [0, 0.05) is 30.6 Å². The molecular formula is C16H20NO4-. The van der Waals surface area contributed by atoms with Crippen LogP contribution in [0.15, 0.2) is 18.2 Å². The number of carbonyl (C=O) groups excluding carboxylic acids is 2. The summed E-state index contributed by atoms with van der Waals surface area (Å²) in [5, 5.41) is 14.0. The molecule has 0 unspecified atom stereocenters. The lowest BCUT2D eigenvalue weighted by atomic mass is 9.96. The van der Waals surface area contributed by atoms with Crippen molar-refractivity contribution in [3.05, 3.63) is 29.3 Å². The van der Waals surface area contributed by atoms with Gasteiger partial charge in [0.1, 0.15) is 0 Å². The van der Waals surface area contributed by atoms with Crippen molar-refractivity contribution in [1.82, 2.24) is 0 Å². The van der Waals surface area contributed by atoms with E-state index in [4.69, 9.17) is 4.74 Å². The zero-order valence-corrected chi connectivity index (χ0v) is 12.3. The summed E-state index contributed by atoms with van der Waals surface area (Å²) in [6.45, 7) is 4.42. The minimum atomic E-state index is -1.22. The van der Waals surface area contributed by atoms with Gasteiger partial charge >= 0.3 is 0 Å². The molecule has 0 aliphatic carbocycles. The fourth-order valence-corrected chi connectivity index (χ4v) is 2.64. The predicted molar refractivity (Wildman–Crippen MR) is 76.6 cm³/mol. The number of aliphatic carboxylic acids is 1. The summed E-state index contributed by atoms with van der Waals surface area (Å²) in [4.78, 5) is 23.3. The highest BCUT2D eigenvalue weighted by Crippen LogP contribution is 2.24. The molecule has 1 aromatic rings. The van der Waals surface area contributed by atoms with Crippen LogP contribution in [0.4, 0.5) is 5.69 Å². The van der Waals surface area contributed by atoms with Gasteiger partial charge in [-0.05, 0) is 38.3 Å². The van der Waals surface area contributed by atoms with Crippen LogP contribution in [0.2, 0.25) is 0 Å². The number of nitrogens with one attached hydrogen (secondary N) is 1. The van der Waals surface area contributed by atoms with Gasteiger partial charge in [0.15, 0.2) is 0 Å². The van der Waals surface area contributed by atoms with E-state index in [1.807, 2.05) is 32.0 Å². The largest absolute Gasteiger partial charge is 0.550 e. The number of benzene rings is 1. The molecule has 2 rings (SSSR count). The molecule has 114 valence electrons. The molecule has 1 aliphatic rings. The Bertz CT molecular complexity index is 535. The summed E-state index contributed by atoms with van der Waals surface area (Å²) in [5.74, 6) is -2.44. The van der Waals surface area contributed by atoms with E-state index in [2.05, 4.69) is 5.32 Å². The summed E-state index contributed by atoms with van der Waals surface area (Å²) in [5.41, 5.74) is 2.76. The van der Waals surface area contributed by atoms with Gasteiger partial charge in [-0.25, -0.2) is 0 Å². The standard InChI is InChI=1S/C16H21NO4/c1-10-5-6-13(11(2)8-10)17-15(18)9-12(16(19)20)14-4-3-7-21-14/h5-6,8,12,14H,3-4,7,9H2,1-2H3,(H,17,18)(H,19,20)/p-1/t12-,14-/m1/s1. The summed E-state index contributed by atoms with van der Waals surface area (Å²) >= 11 is 0. The molecule has 5 heteroatoms. The van der Waals surface area contributed by atoms with Gasteiger partial charge in [-0.1, -0.05) is 17.7 Å². The number of hydrogen-bond acceptors (Lipinski definition) is 4. The Balaban J connectivity index is 2.00. The lowest BCUT2D eigenvalue weighted by Gasteiger charge is -2.23. The summed E-state index contributed by atoms with van der Waals surface area (Å²) in [6, 6.07) is 5.69. The number of hydrogen-bond donors (Lipinski definition) is 1. The number of amides is 1. The van der Waals surface area contributed by atoms with Gasteiger partial charge in [-0.15, -0.1) is 0 Å². The number of carboxylic acid groups (broad SMARTS) is 1. The van der Waals surface area contributed by atoms with E-state index in [1.165, 1.54) is 0 Å². The van der Waals surface area contributed by atoms with Crippen LogP contribution in [-0.4, -0.2) is 24.6 Å². The van der Waals surface area contributed by atoms with Gasteiger partial charge in [-0.3, -0.25) is 4.79 Å². The van der Waals surface area contributed by atoms with Gasteiger partial charge in [0.25, 0.3) is 0 Å². The molecule has 0 aromatic heterocycles. The Morgan fingerprint density at radius 2 is 2.19 bits per heavy atom. The topological polar surface area (TPSA) is 78.5 Å². The second-order valence-electron chi connectivity index (χ2n) is 5.55. The third-order valence-electron chi connectivity index (χ3n) is 3.78. The summed E-state index contributed by atoms with van der Waals surface area (Å²) in [6.07, 6.45) is 0.947. The fraction of sp³-hybridized carbons (Fsp3) is 0.500. The average Bonchev–Trinajstić information content (AvgIpc) is 2.92. The van der Waals surface area contributed by atoms with Crippen molar-refractivity contribution in [2.45, 2.75) is 39.2 Å². The van der Waals surface area contributed by atoms with Crippen LogP contribution in [0.3, 0.4) is 0 Å². The Hall–Kier alpha value is -1.88. The Morgan fingerprint density at radius 1 is 1.43 bits per heavy atom. The molecule has 1 aromatic carbocycles. The van der Waals surface area contributed by atoms with Crippen molar-refractivity contribution in [2.75, 3.05) is 11.9 Å². The Labute approximate surface area is 124 Å². The first-order chi connectivity index (χ1) is 9.97. The summed E-state index contributed by atoms with van der Waals surface area (Å²) < 4.78 is 5.37. The molecule has 21 heavy (non-hydrogen) atoms. The van der Waals surface area contributed by atoms with E-state index in [9.17, 15) is 14.7 Å². The monoisotopic (exact) mass is 290 g/mol. The van der Waals surface area contributed by atoms with Crippen LogP contribution in [0, 0.1) is 19.8 Å². The van der Waals surface area contributed by atoms with E-state index in [-0.39, 0.29) is 12.3 Å². The molecule has 1 saturated heterocycles. The smallest absolute Gasteiger partial charge is 0.225 e. The molecule has 5 nitrogen and oxygen atoms in total. The van der Waals surface area contributed by atoms with Crippen molar-refractivity contribution in [2.24, 2.45) is 5.92 Å². The van der Waals surface area contributed by atoms with Crippen LogP contribution in [-0.2, 0) is 14.3 Å². The van der Waals surface area contributed by atoms with Gasteiger partial charge in [0.2, 0.25) is 5.91 Å². The minimum Gasteiger partial charge on any atom is -0.550 e. The molecule has 1 N–H and O–H groups in total. The number of aryl methyl sites for hydroxylation is 2.